The molecule has 5 heteroatoms. The number of amides is 1. The summed E-state index contributed by atoms with van der Waals surface area (Å²) in [6.45, 7) is 1.79. The van der Waals surface area contributed by atoms with E-state index in [2.05, 4.69) is 21.2 Å². The van der Waals surface area contributed by atoms with Crippen LogP contribution in [0.3, 0.4) is 0 Å². The molecule has 1 rings (SSSR count). The van der Waals surface area contributed by atoms with Crippen molar-refractivity contribution < 1.29 is 14.6 Å². The molecule has 0 aliphatic heterocycles. The van der Waals surface area contributed by atoms with Gasteiger partial charge in [0.05, 0.1) is 6.10 Å². The third kappa shape index (κ3) is 5.14. The van der Waals surface area contributed by atoms with Crippen molar-refractivity contribution in [1.82, 2.24) is 5.32 Å². The standard InChI is InChI=1S/C11H14BrNO3/c1-8(14)6-13-11(15)7-16-10-4-2-3-9(12)5-10/h2-5,8,14H,6-7H2,1H3,(H,13,15)/t8-/m1/s1. The zero-order valence-electron chi connectivity index (χ0n) is 8.94. The maximum Gasteiger partial charge on any atom is 0.258 e. The number of ether oxygens (including phenoxy) is 1. The van der Waals surface area contributed by atoms with Gasteiger partial charge in [-0.2, -0.15) is 0 Å². The lowest BCUT2D eigenvalue weighted by molar-refractivity contribution is -0.123. The van der Waals surface area contributed by atoms with Gasteiger partial charge in [-0.25, -0.2) is 0 Å². The van der Waals surface area contributed by atoms with Crippen LogP contribution in [-0.2, 0) is 4.79 Å². The molecule has 0 heterocycles. The minimum absolute atomic E-state index is 0.0524. The molecule has 4 nitrogen and oxygen atoms in total. The van der Waals surface area contributed by atoms with Crippen molar-refractivity contribution in [2.24, 2.45) is 0 Å². The average molecular weight is 288 g/mol. The SMILES string of the molecule is C[C@@H](O)CNC(=O)COc1cccc(Br)c1. The van der Waals surface area contributed by atoms with Crippen LogP contribution in [0.2, 0.25) is 0 Å². The largest absolute Gasteiger partial charge is 0.484 e. The molecule has 16 heavy (non-hydrogen) atoms. The van der Waals surface area contributed by atoms with E-state index in [0.29, 0.717) is 5.75 Å². The predicted octanol–water partition coefficient (Wildman–Crippen LogP) is 1.32. The van der Waals surface area contributed by atoms with Crippen LogP contribution in [0, 0.1) is 0 Å². The van der Waals surface area contributed by atoms with Crippen LogP contribution in [0.5, 0.6) is 5.75 Å². The van der Waals surface area contributed by atoms with Gasteiger partial charge >= 0.3 is 0 Å². The van der Waals surface area contributed by atoms with Gasteiger partial charge in [-0.1, -0.05) is 22.0 Å². The molecule has 0 bridgehead atoms. The van der Waals surface area contributed by atoms with Crippen molar-refractivity contribution in [3.63, 3.8) is 0 Å². The van der Waals surface area contributed by atoms with E-state index in [1.807, 2.05) is 12.1 Å². The van der Waals surface area contributed by atoms with Gasteiger partial charge in [0.2, 0.25) is 0 Å². The molecule has 2 N–H and O–H groups in total. The molecule has 1 amide bonds. The van der Waals surface area contributed by atoms with Crippen LogP contribution in [0.15, 0.2) is 28.7 Å². The Morgan fingerprint density at radius 2 is 2.38 bits per heavy atom. The molecular formula is C11H14BrNO3. The first-order valence-corrected chi connectivity index (χ1v) is 5.70. The Kier molecular flexibility index (Phi) is 5.28. The number of halogens is 1. The van der Waals surface area contributed by atoms with Crippen molar-refractivity contribution in [1.29, 1.82) is 0 Å². The zero-order valence-corrected chi connectivity index (χ0v) is 10.5. The number of benzene rings is 1. The average Bonchev–Trinajstić information content (AvgIpc) is 2.23. The quantitative estimate of drug-likeness (QED) is 0.859. The molecule has 0 saturated heterocycles. The van der Waals surface area contributed by atoms with E-state index in [9.17, 15) is 4.79 Å². The molecule has 88 valence electrons. The summed E-state index contributed by atoms with van der Waals surface area (Å²) in [6, 6.07) is 7.25. The van der Waals surface area contributed by atoms with Crippen LogP contribution in [0.1, 0.15) is 6.92 Å². The fraction of sp³-hybridized carbons (Fsp3) is 0.364. The predicted molar refractivity (Wildman–Crippen MR) is 64.3 cm³/mol. The number of hydrogen-bond donors (Lipinski definition) is 2. The molecule has 0 aliphatic carbocycles. The maximum absolute atomic E-state index is 11.2. The highest BCUT2D eigenvalue weighted by Crippen LogP contribution is 2.17. The fourth-order valence-electron chi connectivity index (χ4n) is 1.02. The smallest absolute Gasteiger partial charge is 0.258 e. The fourth-order valence-corrected chi connectivity index (χ4v) is 1.40. The van der Waals surface area contributed by atoms with Crippen LogP contribution >= 0.6 is 15.9 Å². The summed E-state index contributed by atoms with van der Waals surface area (Å²) in [6.07, 6.45) is -0.546. The summed E-state index contributed by atoms with van der Waals surface area (Å²) in [4.78, 5) is 11.2. The third-order valence-electron chi connectivity index (χ3n) is 1.76. The van der Waals surface area contributed by atoms with E-state index < -0.39 is 6.10 Å². The van der Waals surface area contributed by atoms with Gasteiger partial charge in [0.15, 0.2) is 6.61 Å². The van der Waals surface area contributed by atoms with Gasteiger partial charge in [0.25, 0.3) is 5.91 Å². The van der Waals surface area contributed by atoms with Crippen molar-refractivity contribution >= 4 is 21.8 Å². The molecule has 0 aliphatic rings. The van der Waals surface area contributed by atoms with Gasteiger partial charge in [0, 0.05) is 11.0 Å². The van der Waals surface area contributed by atoms with Crippen LogP contribution < -0.4 is 10.1 Å². The lowest BCUT2D eigenvalue weighted by atomic mass is 10.3. The third-order valence-corrected chi connectivity index (χ3v) is 2.25. The molecule has 0 aromatic heterocycles. The monoisotopic (exact) mass is 287 g/mol. The van der Waals surface area contributed by atoms with Gasteiger partial charge in [0.1, 0.15) is 5.75 Å². The number of rotatable bonds is 5. The van der Waals surface area contributed by atoms with Crippen molar-refractivity contribution in [2.45, 2.75) is 13.0 Å². The molecular weight excluding hydrogens is 274 g/mol. The van der Waals surface area contributed by atoms with Crippen molar-refractivity contribution in [3.05, 3.63) is 28.7 Å². The normalized spacial score (nSPS) is 11.9. The summed E-state index contributed by atoms with van der Waals surface area (Å²) < 4.78 is 6.15. The number of aliphatic hydroxyl groups excluding tert-OH is 1. The van der Waals surface area contributed by atoms with Crippen LogP contribution in [-0.4, -0.2) is 30.3 Å². The number of nitrogens with one attached hydrogen (secondary N) is 1. The second-order valence-corrected chi connectivity index (χ2v) is 4.31. The van der Waals surface area contributed by atoms with Gasteiger partial charge in [-0.15, -0.1) is 0 Å². The first kappa shape index (κ1) is 13.0. The van der Waals surface area contributed by atoms with Crippen LogP contribution in [0.4, 0.5) is 0 Å². The molecule has 1 aromatic rings. The van der Waals surface area contributed by atoms with E-state index in [4.69, 9.17) is 9.84 Å². The first-order valence-electron chi connectivity index (χ1n) is 4.91. The summed E-state index contributed by atoms with van der Waals surface area (Å²) in [5, 5.41) is 11.5. The first-order chi connectivity index (χ1) is 7.58. The Balaban J connectivity index is 2.31. The topological polar surface area (TPSA) is 58.6 Å². The van der Waals surface area contributed by atoms with Gasteiger partial charge in [-0.3, -0.25) is 4.79 Å². The summed E-state index contributed by atoms with van der Waals surface area (Å²) in [5.74, 6) is 0.377. The van der Waals surface area contributed by atoms with Crippen molar-refractivity contribution in [2.75, 3.05) is 13.2 Å². The van der Waals surface area contributed by atoms with E-state index >= 15 is 0 Å². The second kappa shape index (κ2) is 6.50. The Morgan fingerprint density at radius 3 is 3.00 bits per heavy atom. The van der Waals surface area contributed by atoms with Crippen molar-refractivity contribution in [3.8, 4) is 5.75 Å². The summed E-state index contributed by atoms with van der Waals surface area (Å²) in [7, 11) is 0. The number of carbonyl (C=O) groups excluding carboxylic acids is 1. The zero-order chi connectivity index (χ0) is 12.0. The van der Waals surface area contributed by atoms with Crippen LogP contribution in [0.25, 0.3) is 0 Å². The number of hydrogen-bond acceptors (Lipinski definition) is 3. The minimum Gasteiger partial charge on any atom is -0.484 e. The number of carbonyl (C=O) groups is 1. The lowest BCUT2D eigenvalue weighted by Crippen LogP contribution is -2.34. The van der Waals surface area contributed by atoms with E-state index in [1.165, 1.54) is 0 Å². The molecule has 1 atom stereocenters. The Morgan fingerprint density at radius 1 is 1.62 bits per heavy atom. The molecule has 1 aromatic carbocycles. The Labute approximate surface area is 103 Å². The highest BCUT2D eigenvalue weighted by Gasteiger charge is 2.04. The van der Waals surface area contributed by atoms with E-state index in [-0.39, 0.29) is 19.1 Å². The molecule has 0 fully saturated rings. The highest BCUT2D eigenvalue weighted by atomic mass is 79.9. The maximum atomic E-state index is 11.2. The lowest BCUT2D eigenvalue weighted by Gasteiger charge is -2.08. The van der Waals surface area contributed by atoms with Gasteiger partial charge in [-0.05, 0) is 25.1 Å². The Hall–Kier alpha value is -1.07. The van der Waals surface area contributed by atoms with E-state index in [0.717, 1.165) is 4.47 Å². The molecule has 0 unspecified atom stereocenters. The molecule has 0 saturated carbocycles. The molecule has 0 spiro atoms. The van der Waals surface area contributed by atoms with Gasteiger partial charge < -0.3 is 15.2 Å². The summed E-state index contributed by atoms with van der Waals surface area (Å²) >= 11 is 3.31. The molecule has 0 radical (unpaired) electrons. The Bertz CT molecular complexity index is 355. The number of aliphatic hydroxyl groups is 1. The minimum atomic E-state index is -0.546. The van der Waals surface area contributed by atoms with E-state index in [1.54, 1.807) is 19.1 Å². The second-order valence-electron chi connectivity index (χ2n) is 3.40. The summed E-state index contributed by atoms with van der Waals surface area (Å²) in [5.41, 5.74) is 0. The highest BCUT2D eigenvalue weighted by molar-refractivity contribution is 9.10.